The van der Waals surface area contributed by atoms with Crippen molar-refractivity contribution in [1.29, 1.82) is 0 Å². The van der Waals surface area contributed by atoms with E-state index in [1.807, 2.05) is 0 Å². The van der Waals surface area contributed by atoms with E-state index in [0.717, 1.165) is 36.1 Å². The lowest BCUT2D eigenvalue weighted by Gasteiger charge is -2.27. The van der Waals surface area contributed by atoms with Gasteiger partial charge in [-0.1, -0.05) is 49.2 Å². The molecule has 0 saturated heterocycles. The van der Waals surface area contributed by atoms with Crippen LogP contribution in [0, 0.1) is 23.5 Å². The largest absolute Gasteiger partial charge is 0.481 e. The molecule has 0 aliphatic heterocycles. The zero-order valence-corrected chi connectivity index (χ0v) is 18.8. The second kappa shape index (κ2) is 10.5. The van der Waals surface area contributed by atoms with Gasteiger partial charge in [-0.05, 0) is 48.2 Å². The van der Waals surface area contributed by atoms with Crippen LogP contribution < -0.4 is 10.6 Å². The summed E-state index contributed by atoms with van der Waals surface area (Å²) < 4.78 is 26.7. The Morgan fingerprint density at radius 1 is 0.771 bits per heavy atom. The maximum Gasteiger partial charge on any atom is 0.323 e. The molecule has 180 valence electrons. The Balaban J connectivity index is 1.39. The molecule has 0 heterocycles. The number of aliphatic carboxylic acids is 1. The fourth-order valence-electron chi connectivity index (χ4n) is 4.40. The molecule has 3 N–H and O–H groups in total. The van der Waals surface area contributed by atoms with Crippen molar-refractivity contribution < 1.29 is 28.3 Å². The predicted molar refractivity (Wildman–Crippen MR) is 128 cm³/mol. The lowest BCUT2D eigenvalue weighted by atomic mass is 9.75. The molecule has 0 aromatic heterocycles. The van der Waals surface area contributed by atoms with Crippen LogP contribution in [0.5, 0.6) is 0 Å². The third-order valence-corrected chi connectivity index (χ3v) is 6.24. The van der Waals surface area contributed by atoms with Crippen LogP contribution in [0.1, 0.15) is 36.0 Å². The fourth-order valence-corrected chi connectivity index (χ4v) is 4.40. The summed E-state index contributed by atoms with van der Waals surface area (Å²) in [5.41, 5.74) is 2.52. The number of hydrogen-bond donors (Lipinski definition) is 3. The number of nitrogens with one attached hydrogen (secondary N) is 2. The van der Waals surface area contributed by atoms with Crippen LogP contribution in [-0.4, -0.2) is 22.9 Å². The molecular weight excluding hydrogens is 454 g/mol. The first-order valence-corrected chi connectivity index (χ1v) is 11.3. The quantitative estimate of drug-likeness (QED) is 0.360. The van der Waals surface area contributed by atoms with E-state index in [4.69, 9.17) is 0 Å². The van der Waals surface area contributed by atoms with Crippen molar-refractivity contribution in [1.82, 2.24) is 0 Å². The van der Waals surface area contributed by atoms with Gasteiger partial charge in [-0.2, -0.15) is 0 Å². The Kier molecular flexibility index (Phi) is 7.19. The summed E-state index contributed by atoms with van der Waals surface area (Å²) in [6, 6.07) is 16.1. The van der Waals surface area contributed by atoms with Crippen molar-refractivity contribution >= 4 is 29.2 Å². The Bertz CT molecular complexity index is 1240. The first-order chi connectivity index (χ1) is 16.8. The third kappa shape index (κ3) is 5.71. The standard InChI is InChI=1S/C27H24F2N2O4/c28-19-11-14-24(23(29)15-19)31-27(35)30-20-12-9-17(10-13-20)16-5-7-18(8-6-16)25(32)21-3-1-2-4-22(21)26(33)34/h5-15,21-22H,1-4H2,(H,33,34)(H2,30,31,35)/t21-,22-/m0/s1. The molecule has 2 atom stereocenters. The highest BCUT2D eigenvalue weighted by Gasteiger charge is 2.35. The fraction of sp³-hybridized carbons (Fsp3) is 0.222. The topological polar surface area (TPSA) is 95.5 Å². The number of hydrogen-bond acceptors (Lipinski definition) is 3. The first-order valence-electron chi connectivity index (χ1n) is 11.3. The van der Waals surface area contributed by atoms with Crippen molar-refractivity contribution in [2.75, 3.05) is 10.6 Å². The molecule has 0 bridgehead atoms. The van der Waals surface area contributed by atoms with Crippen molar-refractivity contribution in [3.63, 3.8) is 0 Å². The van der Waals surface area contributed by atoms with Crippen LogP contribution in [0.4, 0.5) is 25.0 Å². The molecule has 3 aromatic rings. The summed E-state index contributed by atoms with van der Waals surface area (Å²) in [7, 11) is 0. The van der Waals surface area contributed by atoms with Gasteiger partial charge in [-0.3, -0.25) is 9.59 Å². The molecule has 8 heteroatoms. The lowest BCUT2D eigenvalue weighted by molar-refractivity contribution is -0.144. The van der Waals surface area contributed by atoms with Crippen LogP contribution in [0.15, 0.2) is 66.7 Å². The normalized spacial score (nSPS) is 17.4. The highest BCUT2D eigenvalue weighted by atomic mass is 19.1. The summed E-state index contributed by atoms with van der Waals surface area (Å²) in [6.07, 6.45) is 2.80. The van der Waals surface area contributed by atoms with E-state index < -0.39 is 35.5 Å². The van der Waals surface area contributed by atoms with Gasteiger partial charge in [-0.15, -0.1) is 0 Å². The number of anilines is 2. The van der Waals surface area contributed by atoms with Gasteiger partial charge in [0.1, 0.15) is 11.6 Å². The molecule has 2 amide bonds. The molecule has 6 nitrogen and oxygen atoms in total. The summed E-state index contributed by atoms with van der Waals surface area (Å²) in [5.74, 6) is -3.78. The molecule has 1 saturated carbocycles. The van der Waals surface area contributed by atoms with Gasteiger partial charge < -0.3 is 15.7 Å². The molecule has 0 radical (unpaired) electrons. The second-order valence-electron chi connectivity index (χ2n) is 8.56. The van der Waals surface area contributed by atoms with Crippen LogP contribution in [-0.2, 0) is 4.79 Å². The summed E-state index contributed by atoms with van der Waals surface area (Å²) in [4.78, 5) is 36.6. The number of halogens is 2. The van der Waals surface area contributed by atoms with E-state index in [0.29, 0.717) is 30.2 Å². The number of carboxylic acid groups (broad SMARTS) is 1. The van der Waals surface area contributed by atoms with Gasteiger partial charge in [0.25, 0.3) is 0 Å². The van der Waals surface area contributed by atoms with Crippen molar-refractivity contribution in [3.8, 4) is 11.1 Å². The minimum absolute atomic E-state index is 0.133. The van der Waals surface area contributed by atoms with E-state index in [1.54, 1.807) is 48.5 Å². The number of carbonyl (C=O) groups is 3. The maximum atomic E-state index is 13.7. The number of carboxylic acids is 1. The number of Topliss-reactive ketones (excluding diaryl/α,β-unsaturated/α-hetero) is 1. The molecule has 0 unspecified atom stereocenters. The highest BCUT2D eigenvalue weighted by Crippen LogP contribution is 2.33. The lowest BCUT2D eigenvalue weighted by Crippen LogP contribution is -2.32. The molecule has 1 fully saturated rings. The smallest absolute Gasteiger partial charge is 0.323 e. The van der Waals surface area contributed by atoms with E-state index in [2.05, 4.69) is 10.6 Å². The average Bonchev–Trinajstić information content (AvgIpc) is 2.86. The van der Waals surface area contributed by atoms with Crippen LogP contribution in [0.3, 0.4) is 0 Å². The van der Waals surface area contributed by atoms with E-state index in [9.17, 15) is 28.3 Å². The van der Waals surface area contributed by atoms with Gasteiger partial charge in [0.05, 0.1) is 11.6 Å². The molecule has 1 aliphatic rings. The third-order valence-electron chi connectivity index (χ3n) is 6.24. The minimum atomic E-state index is -0.912. The van der Waals surface area contributed by atoms with E-state index >= 15 is 0 Å². The number of ketones is 1. The molecule has 35 heavy (non-hydrogen) atoms. The number of carbonyl (C=O) groups excluding carboxylic acids is 2. The Hall–Kier alpha value is -4.07. The predicted octanol–water partition coefficient (Wildman–Crippen LogP) is 6.35. The van der Waals surface area contributed by atoms with Gasteiger partial charge in [0, 0.05) is 23.2 Å². The van der Waals surface area contributed by atoms with Crippen molar-refractivity contribution in [2.24, 2.45) is 11.8 Å². The van der Waals surface area contributed by atoms with Gasteiger partial charge >= 0.3 is 12.0 Å². The molecule has 1 aliphatic carbocycles. The highest BCUT2D eigenvalue weighted by molar-refractivity contribution is 6.01. The number of benzene rings is 3. The summed E-state index contributed by atoms with van der Waals surface area (Å²) in [5, 5.41) is 14.4. The number of urea groups is 1. The summed E-state index contributed by atoms with van der Waals surface area (Å²) >= 11 is 0. The van der Waals surface area contributed by atoms with Crippen LogP contribution in [0.2, 0.25) is 0 Å². The molecule has 3 aromatic carbocycles. The number of rotatable bonds is 6. The minimum Gasteiger partial charge on any atom is -0.481 e. The SMILES string of the molecule is O=C(Nc1ccc(-c2ccc(C(=O)[C@H]3CCCC[C@@H]3C(=O)O)cc2)cc1)Nc1ccc(F)cc1F. The van der Waals surface area contributed by atoms with Gasteiger partial charge in [-0.25, -0.2) is 13.6 Å². The Labute approximate surface area is 201 Å². The number of amides is 2. The average molecular weight is 478 g/mol. The van der Waals surface area contributed by atoms with Crippen LogP contribution in [0.25, 0.3) is 11.1 Å². The Morgan fingerprint density at radius 3 is 1.97 bits per heavy atom. The van der Waals surface area contributed by atoms with E-state index in [-0.39, 0.29) is 11.5 Å². The monoisotopic (exact) mass is 478 g/mol. The molecular formula is C27H24F2N2O4. The summed E-state index contributed by atoms with van der Waals surface area (Å²) in [6.45, 7) is 0. The van der Waals surface area contributed by atoms with E-state index in [1.165, 1.54) is 0 Å². The Morgan fingerprint density at radius 2 is 1.37 bits per heavy atom. The van der Waals surface area contributed by atoms with Crippen molar-refractivity contribution in [2.45, 2.75) is 25.7 Å². The maximum absolute atomic E-state index is 13.7. The first kappa shape index (κ1) is 24.1. The molecule has 0 spiro atoms. The molecule has 4 rings (SSSR count). The van der Waals surface area contributed by atoms with Gasteiger partial charge in [0.15, 0.2) is 5.78 Å². The second-order valence-corrected chi connectivity index (χ2v) is 8.56. The zero-order valence-electron chi connectivity index (χ0n) is 18.8. The van der Waals surface area contributed by atoms with Gasteiger partial charge in [0.2, 0.25) is 0 Å². The van der Waals surface area contributed by atoms with Crippen LogP contribution >= 0.6 is 0 Å². The van der Waals surface area contributed by atoms with Crippen molar-refractivity contribution in [3.05, 3.63) is 83.9 Å². The zero-order chi connectivity index (χ0) is 24.9.